The van der Waals surface area contributed by atoms with Crippen LogP contribution in [0.15, 0.2) is 24.3 Å². The van der Waals surface area contributed by atoms with E-state index in [1.54, 1.807) is 13.0 Å². The number of amides is 1. The number of halogens is 3. The van der Waals surface area contributed by atoms with E-state index in [1.807, 2.05) is 0 Å². The van der Waals surface area contributed by atoms with E-state index < -0.39 is 17.8 Å². The summed E-state index contributed by atoms with van der Waals surface area (Å²) in [6, 6.07) is 4.62. The second-order valence-electron chi connectivity index (χ2n) is 5.14. The maximum atomic E-state index is 12.6. The molecule has 0 aliphatic carbocycles. The molecule has 1 aromatic rings. The third-order valence-electron chi connectivity index (χ3n) is 3.43. The number of nitrogens with one attached hydrogen (secondary N) is 2. The van der Waals surface area contributed by atoms with Crippen LogP contribution >= 0.6 is 0 Å². The molecule has 3 nitrogen and oxygen atoms in total. The molecule has 1 atom stereocenters. The van der Waals surface area contributed by atoms with Crippen molar-refractivity contribution in [2.24, 2.45) is 5.92 Å². The van der Waals surface area contributed by atoms with Crippen LogP contribution in [0.5, 0.6) is 0 Å². The molecule has 1 fully saturated rings. The van der Waals surface area contributed by atoms with E-state index in [9.17, 15) is 18.0 Å². The minimum Gasteiger partial charge on any atom is -0.350 e. The summed E-state index contributed by atoms with van der Waals surface area (Å²) in [5.41, 5.74) is -0.237. The van der Waals surface area contributed by atoms with Crippen molar-refractivity contribution in [2.75, 3.05) is 13.1 Å². The minimum absolute atomic E-state index is 0.124. The average Bonchev–Trinajstić information content (AvgIpc) is 2.33. The Balaban J connectivity index is 1.97. The zero-order chi connectivity index (χ0) is 14.8. The van der Waals surface area contributed by atoms with Crippen LogP contribution in [0.1, 0.15) is 30.5 Å². The molecule has 2 N–H and O–H groups in total. The number of rotatable bonds is 4. The second kappa shape index (κ2) is 5.83. The highest BCUT2D eigenvalue weighted by molar-refractivity contribution is 5.76. The average molecular weight is 286 g/mol. The van der Waals surface area contributed by atoms with Gasteiger partial charge < -0.3 is 10.6 Å². The number of carbonyl (C=O) groups is 1. The third kappa shape index (κ3) is 3.72. The molecule has 1 unspecified atom stereocenters. The Kier molecular flexibility index (Phi) is 4.32. The largest absolute Gasteiger partial charge is 0.416 e. The smallest absolute Gasteiger partial charge is 0.350 e. The van der Waals surface area contributed by atoms with Gasteiger partial charge in [-0.25, -0.2) is 0 Å². The Morgan fingerprint density at radius 2 is 2.15 bits per heavy atom. The lowest BCUT2D eigenvalue weighted by Gasteiger charge is -2.27. The maximum Gasteiger partial charge on any atom is 0.416 e. The molecular formula is C14H17F3N2O. The summed E-state index contributed by atoms with van der Waals surface area (Å²) in [6.07, 6.45) is -3.95. The van der Waals surface area contributed by atoms with Gasteiger partial charge in [0.2, 0.25) is 5.91 Å². The standard InChI is InChI=1S/C14H17F3N2O/c1-9(19-13(20)5-10-7-18-8-10)11-3-2-4-12(6-11)14(15,16)17/h2-4,6,9-10,18H,5,7-8H2,1H3,(H,19,20). The molecule has 1 aliphatic rings. The molecule has 0 aromatic heterocycles. The van der Waals surface area contributed by atoms with Gasteiger partial charge in [0.1, 0.15) is 0 Å². The first kappa shape index (κ1) is 14.8. The Bertz CT molecular complexity index is 484. The SMILES string of the molecule is CC(NC(=O)CC1CNC1)c1cccc(C(F)(F)F)c1. The van der Waals surface area contributed by atoms with Crippen molar-refractivity contribution < 1.29 is 18.0 Å². The molecule has 0 bridgehead atoms. The summed E-state index contributed by atoms with van der Waals surface area (Å²) in [5.74, 6) is 0.213. The predicted molar refractivity (Wildman–Crippen MR) is 69.0 cm³/mol. The molecule has 2 rings (SSSR count). The topological polar surface area (TPSA) is 41.1 Å². The Hall–Kier alpha value is -1.56. The number of alkyl halides is 3. The number of benzene rings is 1. The number of carbonyl (C=O) groups excluding carboxylic acids is 1. The van der Waals surface area contributed by atoms with Crippen molar-refractivity contribution in [2.45, 2.75) is 25.6 Å². The highest BCUT2D eigenvalue weighted by Crippen LogP contribution is 2.30. The first-order chi connectivity index (χ1) is 9.36. The summed E-state index contributed by atoms with van der Waals surface area (Å²) < 4.78 is 37.9. The van der Waals surface area contributed by atoms with Crippen LogP contribution in [0, 0.1) is 5.92 Å². The van der Waals surface area contributed by atoms with E-state index in [0.29, 0.717) is 17.9 Å². The molecule has 6 heteroatoms. The van der Waals surface area contributed by atoms with Gasteiger partial charge in [0.25, 0.3) is 0 Å². The van der Waals surface area contributed by atoms with Crippen LogP contribution in [0.4, 0.5) is 13.2 Å². The molecule has 1 saturated heterocycles. The van der Waals surface area contributed by atoms with E-state index in [2.05, 4.69) is 10.6 Å². The van der Waals surface area contributed by atoms with Crippen LogP contribution in [0.2, 0.25) is 0 Å². The lowest BCUT2D eigenvalue weighted by molar-refractivity contribution is -0.137. The van der Waals surface area contributed by atoms with Gasteiger partial charge in [-0.2, -0.15) is 13.2 Å². The van der Waals surface area contributed by atoms with Gasteiger partial charge in [-0.15, -0.1) is 0 Å². The first-order valence-electron chi connectivity index (χ1n) is 6.53. The molecule has 0 saturated carbocycles. The van der Waals surface area contributed by atoms with E-state index in [1.165, 1.54) is 6.07 Å². The lowest BCUT2D eigenvalue weighted by atomic mass is 9.98. The van der Waals surface area contributed by atoms with Gasteiger partial charge in [-0.3, -0.25) is 4.79 Å². The van der Waals surface area contributed by atoms with Crippen LogP contribution < -0.4 is 10.6 Å². The van der Waals surface area contributed by atoms with E-state index >= 15 is 0 Å². The zero-order valence-corrected chi connectivity index (χ0v) is 11.1. The molecule has 1 aliphatic heterocycles. The molecule has 1 aromatic carbocycles. The number of hydrogen-bond donors (Lipinski definition) is 2. The van der Waals surface area contributed by atoms with Crippen molar-refractivity contribution in [3.63, 3.8) is 0 Å². The summed E-state index contributed by atoms with van der Waals surface area (Å²) >= 11 is 0. The quantitative estimate of drug-likeness (QED) is 0.893. The van der Waals surface area contributed by atoms with Crippen molar-refractivity contribution >= 4 is 5.91 Å². The zero-order valence-electron chi connectivity index (χ0n) is 11.1. The van der Waals surface area contributed by atoms with Crippen LogP contribution in [0.25, 0.3) is 0 Å². The fourth-order valence-electron chi connectivity index (χ4n) is 2.12. The molecule has 0 spiro atoms. The van der Waals surface area contributed by atoms with Crippen LogP contribution in [0.3, 0.4) is 0 Å². The Labute approximate surface area is 115 Å². The fourth-order valence-corrected chi connectivity index (χ4v) is 2.12. The lowest BCUT2D eigenvalue weighted by Crippen LogP contribution is -2.44. The first-order valence-corrected chi connectivity index (χ1v) is 6.53. The van der Waals surface area contributed by atoms with Crippen molar-refractivity contribution in [3.05, 3.63) is 35.4 Å². The maximum absolute atomic E-state index is 12.6. The van der Waals surface area contributed by atoms with Crippen LogP contribution in [-0.2, 0) is 11.0 Å². The van der Waals surface area contributed by atoms with E-state index in [0.717, 1.165) is 25.2 Å². The molecular weight excluding hydrogens is 269 g/mol. The van der Waals surface area contributed by atoms with Crippen molar-refractivity contribution in [3.8, 4) is 0 Å². The molecule has 1 amide bonds. The molecule has 1 heterocycles. The minimum atomic E-state index is -4.36. The predicted octanol–water partition coefficient (Wildman–Crippen LogP) is 2.49. The Morgan fingerprint density at radius 3 is 2.70 bits per heavy atom. The summed E-state index contributed by atoms with van der Waals surface area (Å²) in [6.45, 7) is 3.34. The van der Waals surface area contributed by atoms with Gasteiger partial charge in [0.05, 0.1) is 11.6 Å². The Morgan fingerprint density at radius 1 is 1.45 bits per heavy atom. The van der Waals surface area contributed by atoms with Gasteiger partial charge in [0.15, 0.2) is 0 Å². The highest BCUT2D eigenvalue weighted by Gasteiger charge is 2.30. The highest BCUT2D eigenvalue weighted by atomic mass is 19.4. The van der Waals surface area contributed by atoms with Gasteiger partial charge in [-0.1, -0.05) is 12.1 Å². The van der Waals surface area contributed by atoms with Gasteiger partial charge in [0, 0.05) is 6.42 Å². The normalized spacial score (nSPS) is 17.4. The van der Waals surface area contributed by atoms with Crippen molar-refractivity contribution in [1.29, 1.82) is 0 Å². The monoisotopic (exact) mass is 286 g/mol. The molecule has 110 valence electrons. The van der Waals surface area contributed by atoms with E-state index in [-0.39, 0.29) is 5.91 Å². The van der Waals surface area contributed by atoms with Gasteiger partial charge in [-0.05, 0) is 43.6 Å². The van der Waals surface area contributed by atoms with E-state index in [4.69, 9.17) is 0 Å². The second-order valence-corrected chi connectivity index (χ2v) is 5.14. The fraction of sp³-hybridized carbons (Fsp3) is 0.500. The summed E-state index contributed by atoms with van der Waals surface area (Å²) in [4.78, 5) is 11.8. The summed E-state index contributed by atoms with van der Waals surface area (Å²) in [5, 5.41) is 5.81. The van der Waals surface area contributed by atoms with Gasteiger partial charge >= 0.3 is 6.18 Å². The van der Waals surface area contributed by atoms with Crippen LogP contribution in [-0.4, -0.2) is 19.0 Å². The molecule has 0 radical (unpaired) electrons. The summed E-state index contributed by atoms with van der Waals surface area (Å²) in [7, 11) is 0. The van der Waals surface area contributed by atoms with Crippen molar-refractivity contribution in [1.82, 2.24) is 10.6 Å². The molecule has 20 heavy (non-hydrogen) atoms. The third-order valence-corrected chi connectivity index (χ3v) is 3.43. The number of hydrogen-bond acceptors (Lipinski definition) is 2.